The zero-order chi connectivity index (χ0) is 19.5. The van der Waals surface area contributed by atoms with Crippen molar-refractivity contribution in [3.05, 3.63) is 58.9 Å². The standard InChI is InChI=1S/C20H24N6OS/c1-14(16-5-3-6-17(13-16)26-10-4-7-22-26)23-19(27)18-15(2)24-20(28-18)25-11-8-21-9-12-25/h3-7,10,13-14,21H,8-9,11-12H2,1-2H3,(H,23,27). The molecule has 0 bridgehead atoms. The van der Waals surface area contributed by atoms with E-state index in [9.17, 15) is 4.79 Å². The monoisotopic (exact) mass is 396 g/mol. The normalized spacial score (nSPS) is 15.4. The lowest BCUT2D eigenvalue weighted by Crippen LogP contribution is -2.43. The fourth-order valence-corrected chi connectivity index (χ4v) is 4.31. The van der Waals surface area contributed by atoms with Crippen LogP contribution in [0.5, 0.6) is 0 Å². The van der Waals surface area contributed by atoms with Gasteiger partial charge in [-0.2, -0.15) is 5.10 Å². The van der Waals surface area contributed by atoms with Crippen LogP contribution in [0, 0.1) is 6.92 Å². The predicted octanol–water partition coefficient (Wildman–Crippen LogP) is 2.54. The van der Waals surface area contributed by atoms with E-state index in [2.05, 4.69) is 25.6 Å². The number of piperazine rings is 1. The number of thiazole rings is 1. The van der Waals surface area contributed by atoms with Gasteiger partial charge < -0.3 is 15.5 Å². The molecular weight excluding hydrogens is 372 g/mol. The van der Waals surface area contributed by atoms with Crippen LogP contribution in [0.15, 0.2) is 42.7 Å². The molecule has 1 aliphatic heterocycles. The van der Waals surface area contributed by atoms with Crippen molar-refractivity contribution in [2.75, 3.05) is 31.1 Å². The molecule has 7 nitrogen and oxygen atoms in total. The Morgan fingerprint density at radius 2 is 2.11 bits per heavy atom. The Balaban J connectivity index is 1.48. The molecule has 0 aliphatic carbocycles. The number of carbonyl (C=O) groups is 1. The summed E-state index contributed by atoms with van der Waals surface area (Å²) in [6, 6.07) is 9.81. The van der Waals surface area contributed by atoms with Gasteiger partial charge in [0.25, 0.3) is 5.91 Å². The Morgan fingerprint density at radius 3 is 2.86 bits per heavy atom. The minimum Gasteiger partial charge on any atom is -0.346 e. The van der Waals surface area contributed by atoms with Crippen LogP contribution in [0.3, 0.4) is 0 Å². The van der Waals surface area contributed by atoms with E-state index in [-0.39, 0.29) is 11.9 Å². The Hall–Kier alpha value is -2.71. The van der Waals surface area contributed by atoms with E-state index in [1.807, 2.05) is 55.1 Å². The average molecular weight is 397 g/mol. The highest BCUT2D eigenvalue weighted by atomic mass is 32.1. The summed E-state index contributed by atoms with van der Waals surface area (Å²) in [7, 11) is 0. The molecular formula is C20H24N6OS. The molecule has 3 aromatic rings. The fraction of sp³-hybridized carbons (Fsp3) is 0.350. The van der Waals surface area contributed by atoms with Gasteiger partial charge in [0, 0.05) is 38.6 Å². The van der Waals surface area contributed by atoms with Gasteiger partial charge in [-0.15, -0.1) is 0 Å². The number of amides is 1. The molecule has 1 saturated heterocycles. The number of rotatable bonds is 5. The summed E-state index contributed by atoms with van der Waals surface area (Å²) in [6.07, 6.45) is 3.65. The SMILES string of the molecule is Cc1nc(N2CCNCC2)sc1C(=O)NC(C)c1cccc(-n2cccn2)c1. The van der Waals surface area contributed by atoms with Crippen molar-refractivity contribution in [1.29, 1.82) is 0 Å². The fourth-order valence-electron chi connectivity index (χ4n) is 3.29. The van der Waals surface area contributed by atoms with E-state index in [0.29, 0.717) is 4.88 Å². The maximum absolute atomic E-state index is 12.9. The Bertz CT molecular complexity index is 946. The number of anilines is 1. The second kappa shape index (κ2) is 8.12. The zero-order valence-electron chi connectivity index (χ0n) is 16.1. The number of hydrogen-bond donors (Lipinski definition) is 2. The van der Waals surface area contributed by atoms with E-state index < -0.39 is 0 Å². The molecule has 0 saturated carbocycles. The van der Waals surface area contributed by atoms with Crippen molar-refractivity contribution >= 4 is 22.4 Å². The molecule has 3 heterocycles. The molecule has 2 N–H and O–H groups in total. The molecule has 2 aromatic heterocycles. The van der Waals surface area contributed by atoms with Gasteiger partial charge in [0.2, 0.25) is 0 Å². The molecule has 1 aromatic carbocycles. The molecule has 0 spiro atoms. The van der Waals surface area contributed by atoms with Gasteiger partial charge in [-0.1, -0.05) is 23.5 Å². The van der Waals surface area contributed by atoms with Crippen LogP contribution in [0.25, 0.3) is 5.69 Å². The minimum atomic E-state index is -0.118. The van der Waals surface area contributed by atoms with Crippen molar-refractivity contribution in [2.45, 2.75) is 19.9 Å². The summed E-state index contributed by atoms with van der Waals surface area (Å²) >= 11 is 1.47. The summed E-state index contributed by atoms with van der Waals surface area (Å²) in [5, 5.41) is 11.6. The van der Waals surface area contributed by atoms with Crippen molar-refractivity contribution in [3.8, 4) is 5.69 Å². The van der Waals surface area contributed by atoms with Gasteiger partial charge in [0.05, 0.1) is 17.4 Å². The van der Waals surface area contributed by atoms with Crippen molar-refractivity contribution in [2.24, 2.45) is 0 Å². The summed E-state index contributed by atoms with van der Waals surface area (Å²) < 4.78 is 1.81. The molecule has 8 heteroatoms. The lowest BCUT2D eigenvalue weighted by atomic mass is 10.1. The number of aryl methyl sites for hydroxylation is 1. The number of nitrogens with zero attached hydrogens (tertiary/aromatic N) is 4. The smallest absolute Gasteiger partial charge is 0.263 e. The number of aromatic nitrogens is 3. The maximum atomic E-state index is 12.9. The topological polar surface area (TPSA) is 75.1 Å². The van der Waals surface area contributed by atoms with Crippen LogP contribution >= 0.6 is 11.3 Å². The molecule has 1 amide bonds. The van der Waals surface area contributed by atoms with Gasteiger partial charge >= 0.3 is 0 Å². The number of benzene rings is 1. The van der Waals surface area contributed by atoms with Crippen molar-refractivity contribution < 1.29 is 4.79 Å². The number of nitrogens with one attached hydrogen (secondary N) is 2. The molecule has 4 rings (SSSR count). The third-order valence-corrected chi connectivity index (χ3v) is 6.08. The highest BCUT2D eigenvalue weighted by Crippen LogP contribution is 2.27. The summed E-state index contributed by atoms with van der Waals surface area (Å²) in [5.41, 5.74) is 2.79. The van der Waals surface area contributed by atoms with Crippen molar-refractivity contribution in [1.82, 2.24) is 25.4 Å². The average Bonchev–Trinajstić information content (AvgIpc) is 3.39. The van der Waals surface area contributed by atoms with Gasteiger partial charge in [-0.05, 0) is 37.6 Å². The first-order valence-corrected chi connectivity index (χ1v) is 10.3. The van der Waals surface area contributed by atoms with Gasteiger partial charge in [-0.3, -0.25) is 4.79 Å². The molecule has 1 atom stereocenters. The summed E-state index contributed by atoms with van der Waals surface area (Å²) in [5.74, 6) is -0.0756. The number of carbonyl (C=O) groups excluding carboxylic acids is 1. The summed E-state index contributed by atoms with van der Waals surface area (Å²) in [6.45, 7) is 7.64. The lowest BCUT2D eigenvalue weighted by molar-refractivity contribution is 0.0943. The molecule has 1 fully saturated rings. The largest absolute Gasteiger partial charge is 0.346 e. The summed E-state index contributed by atoms with van der Waals surface area (Å²) in [4.78, 5) is 20.4. The third kappa shape index (κ3) is 3.93. The first kappa shape index (κ1) is 18.6. The molecule has 28 heavy (non-hydrogen) atoms. The second-order valence-electron chi connectivity index (χ2n) is 6.89. The quantitative estimate of drug-likeness (QED) is 0.693. The highest BCUT2D eigenvalue weighted by Gasteiger charge is 2.21. The highest BCUT2D eigenvalue weighted by molar-refractivity contribution is 7.17. The van der Waals surface area contributed by atoms with Gasteiger partial charge in [0.15, 0.2) is 5.13 Å². The van der Waals surface area contributed by atoms with E-state index in [1.54, 1.807) is 6.20 Å². The second-order valence-corrected chi connectivity index (χ2v) is 7.87. The predicted molar refractivity (Wildman–Crippen MR) is 111 cm³/mol. The first-order chi connectivity index (χ1) is 13.6. The number of hydrogen-bond acceptors (Lipinski definition) is 6. The first-order valence-electron chi connectivity index (χ1n) is 9.46. The Labute approximate surface area is 168 Å². The van der Waals surface area contributed by atoms with Gasteiger partial charge in [-0.25, -0.2) is 9.67 Å². The molecule has 1 unspecified atom stereocenters. The van der Waals surface area contributed by atoms with E-state index in [1.165, 1.54) is 11.3 Å². The van der Waals surface area contributed by atoms with E-state index in [4.69, 9.17) is 0 Å². The molecule has 1 aliphatic rings. The zero-order valence-corrected chi connectivity index (χ0v) is 16.9. The van der Waals surface area contributed by atoms with Crippen LogP contribution in [-0.2, 0) is 0 Å². The van der Waals surface area contributed by atoms with Crippen LogP contribution in [0.4, 0.5) is 5.13 Å². The van der Waals surface area contributed by atoms with Crippen LogP contribution in [0.2, 0.25) is 0 Å². The lowest BCUT2D eigenvalue weighted by Gasteiger charge is -2.26. The molecule has 0 radical (unpaired) electrons. The Morgan fingerprint density at radius 1 is 1.29 bits per heavy atom. The van der Waals surface area contributed by atoms with E-state index >= 15 is 0 Å². The molecule has 146 valence electrons. The van der Waals surface area contributed by atoms with Crippen molar-refractivity contribution in [3.63, 3.8) is 0 Å². The van der Waals surface area contributed by atoms with Crippen LogP contribution in [0.1, 0.15) is 33.9 Å². The van der Waals surface area contributed by atoms with E-state index in [0.717, 1.165) is 48.3 Å². The minimum absolute atomic E-state index is 0.0756. The third-order valence-electron chi connectivity index (χ3n) is 4.87. The van der Waals surface area contributed by atoms with Gasteiger partial charge in [0.1, 0.15) is 4.88 Å². The van der Waals surface area contributed by atoms with Crippen LogP contribution < -0.4 is 15.5 Å². The maximum Gasteiger partial charge on any atom is 0.263 e. The Kier molecular flexibility index (Phi) is 5.40. The van der Waals surface area contributed by atoms with Crippen LogP contribution in [-0.4, -0.2) is 46.9 Å².